The minimum Gasteiger partial charge on any atom is -0.385 e. The van der Waals surface area contributed by atoms with Crippen molar-refractivity contribution in [2.24, 2.45) is 0 Å². The molecule has 0 saturated heterocycles. The number of hydrogen-bond donors (Lipinski definition) is 2. The molecule has 0 unspecified atom stereocenters. The van der Waals surface area contributed by atoms with Gasteiger partial charge in [-0.2, -0.15) is 0 Å². The molecule has 0 spiro atoms. The third-order valence-electron chi connectivity index (χ3n) is 3.49. The second kappa shape index (κ2) is 5.74. The standard InChI is InChI=1S/C16H14ClFN2O/c17-13-8-11(4-6-14(13)18)16(21)20-12-5-3-10-2-1-7-19-15(10)9-12/h3-6,8-9,19H,1-2,7H2,(H,20,21). The first-order valence-corrected chi connectivity index (χ1v) is 7.14. The monoisotopic (exact) mass is 304 g/mol. The number of benzene rings is 2. The molecule has 1 aliphatic heterocycles. The van der Waals surface area contributed by atoms with Gasteiger partial charge in [0.25, 0.3) is 5.91 Å². The summed E-state index contributed by atoms with van der Waals surface area (Å²) in [5.74, 6) is -0.848. The molecule has 5 heteroatoms. The van der Waals surface area contributed by atoms with Crippen molar-refractivity contribution < 1.29 is 9.18 Å². The lowest BCUT2D eigenvalue weighted by Crippen LogP contribution is -2.14. The van der Waals surface area contributed by atoms with Crippen molar-refractivity contribution in [2.75, 3.05) is 17.2 Å². The van der Waals surface area contributed by atoms with Crippen molar-refractivity contribution in [1.29, 1.82) is 0 Å². The largest absolute Gasteiger partial charge is 0.385 e. The summed E-state index contributed by atoms with van der Waals surface area (Å²) in [6.45, 7) is 0.942. The molecule has 0 atom stereocenters. The molecule has 1 heterocycles. The molecule has 1 aliphatic rings. The average molecular weight is 305 g/mol. The van der Waals surface area contributed by atoms with E-state index in [2.05, 4.69) is 10.6 Å². The number of hydrogen-bond acceptors (Lipinski definition) is 2. The van der Waals surface area contributed by atoms with Gasteiger partial charge in [0.05, 0.1) is 5.02 Å². The van der Waals surface area contributed by atoms with Crippen LogP contribution in [0.15, 0.2) is 36.4 Å². The molecule has 3 nitrogen and oxygen atoms in total. The Morgan fingerprint density at radius 2 is 2.10 bits per heavy atom. The predicted molar refractivity (Wildman–Crippen MR) is 82.6 cm³/mol. The molecule has 0 aromatic heterocycles. The van der Waals surface area contributed by atoms with Gasteiger partial charge in [0, 0.05) is 23.5 Å². The van der Waals surface area contributed by atoms with Crippen molar-refractivity contribution in [3.05, 3.63) is 58.4 Å². The first-order chi connectivity index (χ1) is 10.1. The molecule has 21 heavy (non-hydrogen) atoms. The highest BCUT2D eigenvalue weighted by atomic mass is 35.5. The van der Waals surface area contributed by atoms with Crippen molar-refractivity contribution >= 4 is 28.9 Å². The van der Waals surface area contributed by atoms with Gasteiger partial charge >= 0.3 is 0 Å². The van der Waals surface area contributed by atoms with E-state index in [0.29, 0.717) is 11.3 Å². The lowest BCUT2D eigenvalue weighted by Gasteiger charge is -2.18. The van der Waals surface area contributed by atoms with Crippen molar-refractivity contribution in [3.63, 3.8) is 0 Å². The number of rotatable bonds is 2. The van der Waals surface area contributed by atoms with Gasteiger partial charge in [-0.3, -0.25) is 4.79 Å². The van der Waals surface area contributed by atoms with Gasteiger partial charge in [0.1, 0.15) is 5.82 Å². The van der Waals surface area contributed by atoms with Gasteiger partial charge in [-0.15, -0.1) is 0 Å². The zero-order chi connectivity index (χ0) is 14.8. The Hall–Kier alpha value is -2.07. The number of amides is 1. The Morgan fingerprint density at radius 1 is 1.24 bits per heavy atom. The van der Waals surface area contributed by atoms with Crippen LogP contribution >= 0.6 is 11.6 Å². The summed E-state index contributed by atoms with van der Waals surface area (Å²) < 4.78 is 13.1. The summed E-state index contributed by atoms with van der Waals surface area (Å²) in [4.78, 5) is 12.1. The summed E-state index contributed by atoms with van der Waals surface area (Å²) in [6.07, 6.45) is 2.16. The molecule has 2 N–H and O–H groups in total. The number of carbonyl (C=O) groups is 1. The first kappa shape index (κ1) is 13.9. The van der Waals surface area contributed by atoms with E-state index in [1.165, 1.54) is 23.8 Å². The number of aryl methyl sites for hydroxylation is 1. The number of fused-ring (bicyclic) bond motifs is 1. The van der Waals surface area contributed by atoms with Crippen molar-refractivity contribution in [2.45, 2.75) is 12.8 Å². The maximum atomic E-state index is 13.1. The van der Waals surface area contributed by atoms with E-state index < -0.39 is 5.82 Å². The molecular weight excluding hydrogens is 291 g/mol. The summed E-state index contributed by atoms with van der Waals surface area (Å²) in [7, 11) is 0. The average Bonchev–Trinajstić information content (AvgIpc) is 2.50. The first-order valence-electron chi connectivity index (χ1n) is 6.77. The number of halogens is 2. The van der Waals surface area contributed by atoms with E-state index in [1.807, 2.05) is 18.2 Å². The lowest BCUT2D eigenvalue weighted by atomic mass is 10.0. The van der Waals surface area contributed by atoms with E-state index in [-0.39, 0.29) is 10.9 Å². The summed E-state index contributed by atoms with van der Waals surface area (Å²) in [5, 5.41) is 6.05. The highest BCUT2D eigenvalue weighted by Crippen LogP contribution is 2.26. The third-order valence-corrected chi connectivity index (χ3v) is 3.78. The van der Waals surface area contributed by atoms with E-state index in [9.17, 15) is 9.18 Å². The van der Waals surface area contributed by atoms with E-state index in [0.717, 1.165) is 25.1 Å². The second-order valence-electron chi connectivity index (χ2n) is 4.99. The Kier molecular flexibility index (Phi) is 3.80. The second-order valence-corrected chi connectivity index (χ2v) is 5.39. The van der Waals surface area contributed by atoms with Gasteiger partial charge in [0.15, 0.2) is 0 Å². The SMILES string of the molecule is O=C(Nc1ccc2c(c1)NCCC2)c1ccc(F)c(Cl)c1. The molecule has 3 rings (SSSR count). The predicted octanol–water partition coefficient (Wildman–Crippen LogP) is 4.09. The molecule has 1 amide bonds. The fraction of sp³-hybridized carbons (Fsp3) is 0.188. The minimum atomic E-state index is -0.536. The Labute approximate surface area is 127 Å². The maximum absolute atomic E-state index is 13.1. The quantitative estimate of drug-likeness (QED) is 0.877. The van der Waals surface area contributed by atoms with Crippen LogP contribution in [0, 0.1) is 5.82 Å². The van der Waals surface area contributed by atoms with Crippen LogP contribution in [0.25, 0.3) is 0 Å². The van der Waals surface area contributed by atoms with Crippen molar-refractivity contribution in [3.8, 4) is 0 Å². The summed E-state index contributed by atoms with van der Waals surface area (Å²) in [6, 6.07) is 9.71. The third kappa shape index (κ3) is 3.00. The van der Waals surface area contributed by atoms with Crippen LogP contribution < -0.4 is 10.6 Å². The van der Waals surface area contributed by atoms with Crippen LogP contribution in [-0.4, -0.2) is 12.5 Å². The van der Waals surface area contributed by atoms with Gasteiger partial charge < -0.3 is 10.6 Å². The van der Waals surface area contributed by atoms with Crippen LogP contribution in [0.5, 0.6) is 0 Å². The zero-order valence-corrected chi connectivity index (χ0v) is 12.0. The number of nitrogens with one attached hydrogen (secondary N) is 2. The summed E-state index contributed by atoms with van der Waals surface area (Å²) in [5.41, 5.74) is 3.33. The lowest BCUT2D eigenvalue weighted by molar-refractivity contribution is 0.102. The Bertz CT molecular complexity index is 703. The smallest absolute Gasteiger partial charge is 0.255 e. The van der Waals surface area contributed by atoms with E-state index in [1.54, 1.807) is 0 Å². The van der Waals surface area contributed by atoms with Crippen molar-refractivity contribution in [1.82, 2.24) is 0 Å². The van der Waals surface area contributed by atoms with Gasteiger partial charge in [-0.1, -0.05) is 17.7 Å². The van der Waals surface area contributed by atoms with Gasteiger partial charge in [-0.05, 0) is 48.7 Å². The van der Waals surface area contributed by atoms with Crippen LogP contribution in [-0.2, 0) is 6.42 Å². The van der Waals surface area contributed by atoms with Gasteiger partial charge in [-0.25, -0.2) is 4.39 Å². The van der Waals surface area contributed by atoms with Crippen LogP contribution in [0.2, 0.25) is 5.02 Å². The molecule has 108 valence electrons. The van der Waals surface area contributed by atoms with E-state index >= 15 is 0 Å². The molecule has 0 saturated carbocycles. The number of anilines is 2. The topological polar surface area (TPSA) is 41.1 Å². The molecule has 0 bridgehead atoms. The maximum Gasteiger partial charge on any atom is 0.255 e. The van der Waals surface area contributed by atoms with Crippen LogP contribution in [0.3, 0.4) is 0 Å². The molecule has 2 aromatic carbocycles. The Morgan fingerprint density at radius 3 is 2.90 bits per heavy atom. The molecule has 2 aromatic rings. The highest BCUT2D eigenvalue weighted by molar-refractivity contribution is 6.31. The Balaban J connectivity index is 1.79. The molecule has 0 radical (unpaired) electrons. The van der Waals surface area contributed by atoms with E-state index in [4.69, 9.17) is 11.6 Å². The fourth-order valence-electron chi connectivity index (χ4n) is 2.38. The molecular formula is C16H14ClFN2O. The zero-order valence-electron chi connectivity index (χ0n) is 11.2. The van der Waals surface area contributed by atoms with Crippen LogP contribution in [0.1, 0.15) is 22.3 Å². The normalized spacial score (nSPS) is 13.2. The summed E-state index contributed by atoms with van der Waals surface area (Å²) >= 11 is 5.69. The molecule has 0 fully saturated rings. The number of carbonyl (C=O) groups excluding carboxylic acids is 1. The molecule has 0 aliphatic carbocycles. The van der Waals surface area contributed by atoms with Gasteiger partial charge in [0.2, 0.25) is 0 Å². The van der Waals surface area contributed by atoms with Crippen LogP contribution in [0.4, 0.5) is 15.8 Å². The highest BCUT2D eigenvalue weighted by Gasteiger charge is 2.12. The minimum absolute atomic E-state index is 0.0604. The fourth-order valence-corrected chi connectivity index (χ4v) is 2.56.